The van der Waals surface area contributed by atoms with Gasteiger partial charge in [0.1, 0.15) is 0 Å². The zero-order chi connectivity index (χ0) is 16.1. The summed E-state index contributed by atoms with van der Waals surface area (Å²) >= 11 is 1.72. The molecule has 2 saturated heterocycles. The second-order valence-electron chi connectivity index (χ2n) is 6.40. The maximum atomic E-state index is 11.8. The molecule has 0 unspecified atom stereocenters. The number of aryl methyl sites for hydroxylation is 1. The molecule has 2 aliphatic heterocycles. The van der Waals surface area contributed by atoms with E-state index in [1.807, 2.05) is 0 Å². The largest absolute Gasteiger partial charge is 0.481 e. The number of rotatable bonds is 4. The molecule has 0 aliphatic carbocycles. The number of likely N-dealkylation sites (tertiary alicyclic amines) is 1. The van der Waals surface area contributed by atoms with E-state index in [-0.39, 0.29) is 12.5 Å². The van der Waals surface area contributed by atoms with Crippen LogP contribution in [-0.4, -0.2) is 61.1 Å². The zero-order valence-electron chi connectivity index (χ0n) is 12.7. The lowest BCUT2D eigenvalue weighted by Crippen LogP contribution is -2.41. The van der Waals surface area contributed by atoms with E-state index >= 15 is 0 Å². The number of carbonyl (C=O) groups is 1. The molecule has 3 rings (SSSR count). The van der Waals surface area contributed by atoms with Crippen molar-refractivity contribution in [3.05, 3.63) is 21.9 Å². The fraction of sp³-hybridized carbons (Fsp3) is 0.643. The molecule has 1 aromatic heterocycles. The number of hydrogen-bond acceptors (Lipinski definition) is 5. The van der Waals surface area contributed by atoms with Gasteiger partial charge in [0, 0.05) is 48.4 Å². The molecule has 3 heterocycles. The quantitative estimate of drug-likeness (QED) is 0.875. The summed E-state index contributed by atoms with van der Waals surface area (Å²) in [5.41, 5.74) is -0.963. The normalized spacial score (nSPS) is 29.8. The van der Waals surface area contributed by atoms with Crippen molar-refractivity contribution in [3.8, 4) is 0 Å². The Labute approximate surface area is 134 Å². The van der Waals surface area contributed by atoms with Crippen LogP contribution < -0.4 is 0 Å². The van der Waals surface area contributed by atoms with Gasteiger partial charge in [0.2, 0.25) is 10.0 Å². The summed E-state index contributed by atoms with van der Waals surface area (Å²) in [5.74, 6) is -1.02. The molecule has 1 aromatic rings. The fourth-order valence-electron chi connectivity index (χ4n) is 3.59. The van der Waals surface area contributed by atoms with Crippen molar-refractivity contribution in [2.45, 2.75) is 13.5 Å². The van der Waals surface area contributed by atoms with Crippen LogP contribution in [0.15, 0.2) is 12.1 Å². The van der Waals surface area contributed by atoms with Crippen LogP contribution in [0.25, 0.3) is 0 Å². The van der Waals surface area contributed by atoms with E-state index in [0.29, 0.717) is 19.6 Å². The molecule has 2 fully saturated rings. The number of thiophene rings is 1. The molecule has 1 N–H and O–H groups in total. The Morgan fingerprint density at radius 1 is 1.41 bits per heavy atom. The first-order chi connectivity index (χ1) is 10.2. The highest BCUT2D eigenvalue weighted by molar-refractivity contribution is 7.88. The summed E-state index contributed by atoms with van der Waals surface area (Å²) in [4.78, 5) is 16.4. The van der Waals surface area contributed by atoms with E-state index in [4.69, 9.17) is 0 Å². The predicted molar refractivity (Wildman–Crippen MR) is 84.3 cm³/mol. The first kappa shape index (κ1) is 15.9. The minimum atomic E-state index is -3.34. The van der Waals surface area contributed by atoms with Crippen LogP contribution in [0.2, 0.25) is 0 Å². The van der Waals surface area contributed by atoms with E-state index in [0.717, 1.165) is 12.8 Å². The van der Waals surface area contributed by atoms with Crippen LogP contribution in [0, 0.1) is 18.3 Å². The summed E-state index contributed by atoms with van der Waals surface area (Å²) in [6.45, 7) is 4.24. The van der Waals surface area contributed by atoms with Crippen molar-refractivity contribution in [1.82, 2.24) is 9.21 Å². The van der Waals surface area contributed by atoms with E-state index in [1.165, 1.54) is 14.1 Å². The molecule has 0 spiro atoms. The van der Waals surface area contributed by atoms with Crippen LogP contribution in [-0.2, 0) is 21.4 Å². The fourth-order valence-corrected chi connectivity index (χ4v) is 5.44. The van der Waals surface area contributed by atoms with Crippen LogP contribution in [0.3, 0.4) is 0 Å². The Bertz CT molecular complexity index is 699. The second-order valence-corrected chi connectivity index (χ2v) is 9.75. The molecule has 2 aliphatic rings. The van der Waals surface area contributed by atoms with E-state index < -0.39 is 21.4 Å². The summed E-state index contributed by atoms with van der Waals surface area (Å²) in [7, 11) is -3.34. The highest BCUT2D eigenvalue weighted by Crippen LogP contribution is 2.44. The highest BCUT2D eigenvalue weighted by atomic mass is 32.2. The minimum absolute atomic E-state index is 0.0891. The van der Waals surface area contributed by atoms with Crippen molar-refractivity contribution in [2.24, 2.45) is 11.3 Å². The van der Waals surface area contributed by atoms with Gasteiger partial charge in [0.15, 0.2) is 0 Å². The number of fused-ring (bicyclic) bond motifs is 1. The third kappa shape index (κ3) is 2.68. The van der Waals surface area contributed by atoms with Crippen molar-refractivity contribution in [1.29, 1.82) is 0 Å². The van der Waals surface area contributed by atoms with Crippen molar-refractivity contribution < 1.29 is 18.3 Å². The number of aliphatic carboxylic acids is 1. The number of nitrogens with zero attached hydrogens (tertiary/aromatic N) is 2. The second kappa shape index (κ2) is 5.30. The van der Waals surface area contributed by atoms with Gasteiger partial charge < -0.3 is 5.11 Å². The lowest BCUT2D eigenvalue weighted by molar-refractivity contribution is -0.148. The maximum absolute atomic E-state index is 11.8. The number of sulfonamides is 1. The number of carboxylic acid groups (broad SMARTS) is 1. The van der Waals surface area contributed by atoms with E-state index in [2.05, 4.69) is 24.0 Å². The molecule has 6 nitrogen and oxygen atoms in total. The minimum Gasteiger partial charge on any atom is -0.481 e. The first-order valence-electron chi connectivity index (χ1n) is 7.17. The molecular weight excluding hydrogens is 324 g/mol. The van der Waals surface area contributed by atoms with Crippen molar-refractivity contribution in [3.63, 3.8) is 0 Å². The van der Waals surface area contributed by atoms with Gasteiger partial charge in [-0.3, -0.25) is 9.69 Å². The lowest BCUT2D eigenvalue weighted by Gasteiger charge is -2.24. The standard InChI is InChI=1S/C14H20N2O4S2/c1-10-3-4-12(21-10)7-15-5-11-6-16(22(2,19)20)9-14(11,8-15)13(17)18/h3-4,11H,5-9H2,1-2H3,(H,17,18)/t11-,14-/m1/s1. The third-order valence-electron chi connectivity index (χ3n) is 4.72. The molecule has 0 amide bonds. The van der Waals surface area contributed by atoms with Gasteiger partial charge in [-0.15, -0.1) is 11.3 Å². The summed E-state index contributed by atoms with van der Waals surface area (Å²) in [5, 5.41) is 9.70. The van der Waals surface area contributed by atoms with Crippen LogP contribution in [0.1, 0.15) is 9.75 Å². The predicted octanol–water partition coefficient (Wildman–Crippen LogP) is 0.835. The molecule has 8 heteroatoms. The number of hydrogen-bond donors (Lipinski definition) is 1. The average molecular weight is 344 g/mol. The van der Waals surface area contributed by atoms with Crippen LogP contribution in [0.5, 0.6) is 0 Å². The van der Waals surface area contributed by atoms with Gasteiger partial charge in [0.05, 0.1) is 11.7 Å². The molecule has 0 saturated carbocycles. The monoisotopic (exact) mass is 344 g/mol. The van der Waals surface area contributed by atoms with Gasteiger partial charge in [0.25, 0.3) is 0 Å². The number of carboxylic acids is 1. The van der Waals surface area contributed by atoms with Crippen LogP contribution in [0.4, 0.5) is 0 Å². The van der Waals surface area contributed by atoms with Crippen molar-refractivity contribution >= 4 is 27.3 Å². The molecule has 122 valence electrons. The SMILES string of the molecule is Cc1ccc(CN2C[C@@H]3CN(S(C)(=O)=O)C[C@]3(C(=O)O)C2)s1. The van der Waals surface area contributed by atoms with E-state index in [9.17, 15) is 18.3 Å². The lowest BCUT2D eigenvalue weighted by atomic mass is 9.81. The molecule has 0 aromatic carbocycles. The topological polar surface area (TPSA) is 77.9 Å². The smallest absolute Gasteiger partial charge is 0.312 e. The van der Waals surface area contributed by atoms with Gasteiger partial charge in [-0.2, -0.15) is 0 Å². The molecular formula is C14H20N2O4S2. The Morgan fingerprint density at radius 2 is 2.14 bits per heavy atom. The maximum Gasteiger partial charge on any atom is 0.312 e. The summed E-state index contributed by atoms with van der Waals surface area (Å²) < 4.78 is 24.8. The molecule has 22 heavy (non-hydrogen) atoms. The zero-order valence-corrected chi connectivity index (χ0v) is 14.3. The van der Waals surface area contributed by atoms with Crippen LogP contribution >= 0.6 is 11.3 Å². The Hall–Kier alpha value is -0.960. The van der Waals surface area contributed by atoms with Gasteiger partial charge in [-0.1, -0.05) is 0 Å². The average Bonchev–Trinajstić information content (AvgIpc) is 3.01. The Kier molecular flexibility index (Phi) is 3.83. The molecule has 0 bridgehead atoms. The third-order valence-corrected chi connectivity index (χ3v) is 6.92. The summed E-state index contributed by atoms with van der Waals surface area (Å²) in [6, 6.07) is 4.14. The molecule has 2 atom stereocenters. The molecule has 0 radical (unpaired) electrons. The van der Waals surface area contributed by atoms with Crippen molar-refractivity contribution in [2.75, 3.05) is 32.4 Å². The van der Waals surface area contributed by atoms with Gasteiger partial charge >= 0.3 is 5.97 Å². The Morgan fingerprint density at radius 3 is 2.64 bits per heavy atom. The Balaban J connectivity index is 1.78. The van der Waals surface area contributed by atoms with Gasteiger partial charge in [-0.05, 0) is 19.1 Å². The highest BCUT2D eigenvalue weighted by Gasteiger charge is 2.59. The summed E-state index contributed by atoms with van der Waals surface area (Å²) in [6.07, 6.45) is 1.15. The first-order valence-corrected chi connectivity index (χ1v) is 9.83. The van der Waals surface area contributed by atoms with Gasteiger partial charge in [-0.25, -0.2) is 12.7 Å². The van der Waals surface area contributed by atoms with E-state index in [1.54, 1.807) is 11.3 Å².